The first-order chi connectivity index (χ1) is 19.1. The Hall–Kier alpha value is -5.16. The summed E-state index contributed by atoms with van der Waals surface area (Å²) in [6, 6.07) is 34.7. The molecule has 0 saturated heterocycles. The molecule has 0 bridgehead atoms. The molecule has 1 amide bonds. The summed E-state index contributed by atoms with van der Waals surface area (Å²) in [5.41, 5.74) is 4.42. The van der Waals surface area contributed by atoms with Crippen molar-refractivity contribution in [2.24, 2.45) is 0 Å². The summed E-state index contributed by atoms with van der Waals surface area (Å²) in [6.45, 7) is 2.10. The Morgan fingerprint density at radius 2 is 1.56 bits per heavy atom. The molecule has 0 radical (unpaired) electrons. The first kappa shape index (κ1) is 24.2. The molecule has 1 aliphatic heterocycles. The van der Waals surface area contributed by atoms with Crippen LogP contribution in [0.5, 0.6) is 0 Å². The maximum Gasteiger partial charge on any atom is 0.338 e. The number of hydrogen-bond acceptors (Lipinski definition) is 4. The minimum atomic E-state index is -0.356. The average molecular weight is 512 g/mol. The normalized spacial score (nSPS) is 14.2. The fourth-order valence-electron chi connectivity index (χ4n) is 4.80. The summed E-state index contributed by atoms with van der Waals surface area (Å²) < 4.78 is 11.1. The quantitative estimate of drug-likeness (QED) is 0.173. The minimum absolute atomic E-state index is 0.123. The Kier molecular flexibility index (Phi) is 6.39. The van der Waals surface area contributed by atoms with Gasteiger partial charge in [0.05, 0.1) is 23.6 Å². The topological polar surface area (TPSA) is 59.8 Å². The van der Waals surface area contributed by atoms with Crippen LogP contribution < -0.4 is 4.90 Å². The lowest BCUT2D eigenvalue weighted by atomic mass is 10.1. The van der Waals surface area contributed by atoms with Gasteiger partial charge in [-0.25, -0.2) is 4.79 Å². The van der Waals surface area contributed by atoms with Crippen molar-refractivity contribution < 1.29 is 18.7 Å². The molecule has 39 heavy (non-hydrogen) atoms. The number of furan rings is 1. The van der Waals surface area contributed by atoms with Gasteiger partial charge in [-0.15, -0.1) is 0 Å². The predicted molar refractivity (Wildman–Crippen MR) is 154 cm³/mol. The third-order valence-electron chi connectivity index (χ3n) is 6.67. The van der Waals surface area contributed by atoms with Crippen molar-refractivity contribution in [1.82, 2.24) is 0 Å². The molecule has 5 aromatic rings. The summed E-state index contributed by atoms with van der Waals surface area (Å²) in [5, 5.41) is 2.07. The Labute approximate surface area is 226 Å². The maximum absolute atomic E-state index is 13.9. The van der Waals surface area contributed by atoms with Crippen LogP contribution in [0.25, 0.3) is 33.9 Å². The van der Waals surface area contributed by atoms with Crippen molar-refractivity contribution >= 4 is 40.1 Å². The van der Waals surface area contributed by atoms with Crippen LogP contribution in [0.3, 0.4) is 0 Å². The van der Waals surface area contributed by atoms with Crippen LogP contribution in [0.2, 0.25) is 0 Å². The van der Waals surface area contributed by atoms with Crippen molar-refractivity contribution in [3.05, 3.63) is 138 Å². The summed E-state index contributed by atoms with van der Waals surface area (Å²) in [6.07, 6.45) is 3.68. The zero-order valence-corrected chi connectivity index (χ0v) is 21.3. The molecular weight excluding hydrogens is 486 g/mol. The number of nitrogens with zero attached hydrogens (tertiary/aromatic N) is 1. The van der Waals surface area contributed by atoms with Crippen LogP contribution in [-0.4, -0.2) is 18.5 Å². The van der Waals surface area contributed by atoms with Gasteiger partial charge in [-0.2, -0.15) is 0 Å². The van der Waals surface area contributed by atoms with Gasteiger partial charge >= 0.3 is 5.97 Å². The molecule has 6 rings (SSSR count). The van der Waals surface area contributed by atoms with E-state index in [1.807, 2.05) is 103 Å². The first-order valence-electron chi connectivity index (χ1n) is 12.8. The number of benzene rings is 4. The first-order valence-corrected chi connectivity index (χ1v) is 12.8. The summed E-state index contributed by atoms with van der Waals surface area (Å²) in [7, 11) is 0. The zero-order valence-electron chi connectivity index (χ0n) is 21.3. The largest absolute Gasteiger partial charge is 0.462 e. The van der Waals surface area contributed by atoms with Crippen molar-refractivity contribution in [1.29, 1.82) is 0 Å². The van der Waals surface area contributed by atoms with E-state index in [-0.39, 0.29) is 11.9 Å². The minimum Gasteiger partial charge on any atom is -0.462 e. The Morgan fingerprint density at radius 3 is 2.36 bits per heavy atom. The van der Waals surface area contributed by atoms with Gasteiger partial charge in [0.25, 0.3) is 5.91 Å². The molecule has 0 fully saturated rings. The van der Waals surface area contributed by atoms with Crippen LogP contribution in [0, 0.1) is 0 Å². The van der Waals surface area contributed by atoms with Gasteiger partial charge in [-0.05, 0) is 60.4 Å². The smallest absolute Gasteiger partial charge is 0.338 e. The third kappa shape index (κ3) is 4.66. The molecule has 0 saturated carbocycles. The number of amides is 1. The Bertz CT molecular complexity index is 1740. The molecule has 4 aromatic carbocycles. The van der Waals surface area contributed by atoms with Gasteiger partial charge in [0, 0.05) is 16.5 Å². The lowest BCUT2D eigenvalue weighted by Gasteiger charge is -2.22. The van der Waals surface area contributed by atoms with E-state index in [0.29, 0.717) is 29.3 Å². The predicted octanol–water partition coefficient (Wildman–Crippen LogP) is 7.75. The van der Waals surface area contributed by atoms with E-state index in [4.69, 9.17) is 9.15 Å². The van der Waals surface area contributed by atoms with Crippen molar-refractivity contribution in [2.75, 3.05) is 11.5 Å². The van der Waals surface area contributed by atoms with E-state index in [1.54, 1.807) is 30.0 Å². The highest BCUT2D eigenvalue weighted by Crippen LogP contribution is 2.39. The summed E-state index contributed by atoms with van der Waals surface area (Å²) in [5.74, 6) is 0.722. The highest BCUT2D eigenvalue weighted by atomic mass is 16.5. The fraction of sp³-hybridized carbons (Fsp3) is 0.0588. The van der Waals surface area contributed by atoms with E-state index in [0.717, 1.165) is 33.3 Å². The highest BCUT2D eigenvalue weighted by molar-refractivity contribution is 6.25. The zero-order chi connectivity index (χ0) is 26.8. The monoisotopic (exact) mass is 511 g/mol. The van der Waals surface area contributed by atoms with Crippen LogP contribution >= 0.6 is 0 Å². The molecule has 0 unspecified atom stereocenters. The second-order valence-corrected chi connectivity index (χ2v) is 9.13. The Balaban J connectivity index is 1.36. The molecule has 0 aliphatic carbocycles. The van der Waals surface area contributed by atoms with Crippen LogP contribution in [0.1, 0.15) is 28.6 Å². The number of esters is 1. The van der Waals surface area contributed by atoms with E-state index in [9.17, 15) is 9.59 Å². The molecule has 0 N–H and O–H groups in total. The molecule has 0 spiro atoms. The van der Waals surface area contributed by atoms with Crippen molar-refractivity contribution in [3.63, 3.8) is 0 Å². The number of fused-ring (bicyclic) bond motifs is 1. The number of anilines is 1. The van der Waals surface area contributed by atoms with E-state index >= 15 is 0 Å². The van der Waals surface area contributed by atoms with Crippen molar-refractivity contribution in [3.8, 4) is 11.3 Å². The SMILES string of the molecule is CCOC(=O)c1ccc(-c2ccc(C=C3C=C(c4ccccc4)N(c4cccc5ccccc45)C3=O)o2)cc1. The van der Waals surface area contributed by atoms with E-state index < -0.39 is 0 Å². The highest BCUT2D eigenvalue weighted by Gasteiger charge is 2.31. The van der Waals surface area contributed by atoms with Crippen LogP contribution in [-0.2, 0) is 9.53 Å². The molecule has 1 aliphatic rings. The lowest BCUT2D eigenvalue weighted by Crippen LogP contribution is -2.25. The Morgan fingerprint density at radius 1 is 0.821 bits per heavy atom. The summed E-state index contributed by atoms with van der Waals surface area (Å²) >= 11 is 0. The number of rotatable bonds is 6. The van der Waals surface area contributed by atoms with Gasteiger partial charge in [0.15, 0.2) is 0 Å². The molecule has 190 valence electrons. The summed E-state index contributed by atoms with van der Waals surface area (Å²) in [4.78, 5) is 27.6. The van der Waals surface area contributed by atoms with Crippen LogP contribution in [0.15, 0.2) is 125 Å². The van der Waals surface area contributed by atoms with Gasteiger partial charge in [0.2, 0.25) is 0 Å². The standard InChI is InChI=1S/C34H25NO4/c1-2-38-34(37)26-17-15-25(16-18-26)32-20-19-28(39-32)21-27-22-31(24-10-4-3-5-11-24)35(33(27)36)30-14-8-12-23-9-6-7-13-29(23)30/h3-22H,2H2,1H3. The van der Waals surface area contributed by atoms with E-state index in [1.165, 1.54) is 0 Å². The van der Waals surface area contributed by atoms with E-state index in [2.05, 4.69) is 0 Å². The molecule has 2 heterocycles. The maximum atomic E-state index is 13.9. The molecular formula is C34H25NO4. The van der Waals surface area contributed by atoms with Crippen molar-refractivity contribution in [2.45, 2.75) is 6.92 Å². The van der Waals surface area contributed by atoms with Gasteiger partial charge in [-0.3, -0.25) is 9.69 Å². The second kappa shape index (κ2) is 10.3. The average Bonchev–Trinajstić information content (AvgIpc) is 3.58. The van der Waals surface area contributed by atoms with Gasteiger partial charge < -0.3 is 9.15 Å². The third-order valence-corrected chi connectivity index (χ3v) is 6.67. The number of hydrogen-bond donors (Lipinski definition) is 0. The van der Waals surface area contributed by atoms with Gasteiger partial charge in [-0.1, -0.05) is 78.9 Å². The lowest BCUT2D eigenvalue weighted by molar-refractivity contribution is -0.113. The van der Waals surface area contributed by atoms with Crippen LogP contribution in [0.4, 0.5) is 5.69 Å². The second-order valence-electron chi connectivity index (χ2n) is 9.13. The molecule has 1 aromatic heterocycles. The fourth-order valence-corrected chi connectivity index (χ4v) is 4.80. The molecule has 5 nitrogen and oxygen atoms in total. The number of ether oxygens (including phenoxy) is 1. The molecule has 0 atom stereocenters. The number of carbonyl (C=O) groups is 2. The van der Waals surface area contributed by atoms with Gasteiger partial charge in [0.1, 0.15) is 11.5 Å². The number of carbonyl (C=O) groups excluding carboxylic acids is 2. The molecule has 5 heteroatoms.